The van der Waals surface area contributed by atoms with Crippen molar-refractivity contribution in [2.24, 2.45) is 5.16 Å². The number of nitrogens with zero attached hydrogens (tertiary/aromatic N) is 5. The third-order valence-electron chi connectivity index (χ3n) is 6.51. The molecular formula is C19H25N7O6S2. The molecule has 0 saturated carbocycles. The lowest BCUT2D eigenvalue weighted by molar-refractivity contribution is -0.886. The Balaban J connectivity index is 1.62. The van der Waals surface area contributed by atoms with Gasteiger partial charge in [0, 0.05) is 24.4 Å². The van der Waals surface area contributed by atoms with Crippen molar-refractivity contribution in [3.8, 4) is 0 Å². The molecule has 184 valence electrons. The highest BCUT2D eigenvalue weighted by Gasteiger charge is 2.59. The van der Waals surface area contributed by atoms with Gasteiger partial charge in [0.15, 0.2) is 5.13 Å². The van der Waals surface area contributed by atoms with Crippen LogP contribution in [0.3, 0.4) is 0 Å². The lowest BCUT2D eigenvalue weighted by Gasteiger charge is -2.54. The number of fused-ring (bicyclic) bond motifs is 1. The number of nitrogens with one attached hydrogen (secondary N) is 1. The van der Waals surface area contributed by atoms with Gasteiger partial charge in [0.1, 0.15) is 36.0 Å². The number of amides is 2. The van der Waals surface area contributed by atoms with E-state index in [9.17, 15) is 24.6 Å². The highest BCUT2D eigenvalue weighted by molar-refractivity contribution is 8.00. The fourth-order valence-electron chi connectivity index (χ4n) is 4.95. The van der Waals surface area contributed by atoms with Crippen LogP contribution in [0.25, 0.3) is 0 Å². The number of quaternary nitrogens is 1. The summed E-state index contributed by atoms with van der Waals surface area (Å²) in [6.07, 6.45) is 1.58. The Labute approximate surface area is 203 Å². The summed E-state index contributed by atoms with van der Waals surface area (Å²) in [6, 6.07) is -1.16. The summed E-state index contributed by atoms with van der Waals surface area (Å²) in [7, 11) is 3.13. The summed E-state index contributed by atoms with van der Waals surface area (Å²) in [5, 5.41) is 27.6. The Kier molecular flexibility index (Phi) is 6.54. The zero-order chi connectivity index (χ0) is 24.8. The van der Waals surface area contributed by atoms with Crippen molar-refractivity contribution in [1.82, 2.24) is 19.6 Å². The zero-order valence-electron chi connectivity index (χ0n) is 18.8. The van der Waals surface area contributed by atoms with Crippen LogP contribution in [-0.4, -0.2) is 97.4 Å². The Morgan fingerprint density at radius 3 is 2.79 bits per heavy atom. The molecule has 2 saturated heterocycles. The van der Waals surface area contributed by atoms with E-state index in [4.69, 9.17) is 10.6 Å². The molecule has 13 nitrogen and oxygen atoms in total. The average molecular weight is 512 g/mol. The van der Waals surface area contributed by atoms with Crippen LogP contribution in [0, 0.1) is 0 Å². The van der Waals surface area contributed by atoms with Gasteiger partial charge < -0.3 is 30.9 Å². The highest BCUT2D eigenvalue weighted by atomic mass is 32.2. The number of carbonyl (C=O) groups excluding carboxylic acids is 3. The van der Waals surface area contributed by atoms with E-state index in [-0.39, 0.29) is 44.7 Å². The first-order chi connectivity index (χ1) is 16.1. The predicted molar refractivity (Wildman–Crippen MR) is 121 cm³/mol. The van der Waals surface area contributed by atoms with E-state index in [0.717, 1.165) is 24.4 Å². The Morgan fingerprint density at radius 2 is 2.21 bits per heavy atom. The number of anilines is 1. The van der Waals surface area contributed by atoms with E-state index in [2.05, 4.69) is 19.8 Å². The summed E-state index contributed by atoms with van der Waals surface area (Å²) in [5.74, 6) is -2.84. The number of carbonyl (C=O) groups is 3. The third kappa shape index (κ3) is 3.81. The van der Waals surface area contributed by atoms with Gasteiger partial charge in [-0.15, -0.1) is 11.8 Å². The maximum Gasteiger partial charge on any atom is 0.278 e. The highest BCUT2D eigenvalue weighted by Crippen LogP contribution is 2.48. The molecule has 0 bridgehead atoms. The van der Waals surface area contributed by atoms with E-state index in [0.29, 0.717) is 12.2 Å². The molecule has 0 spiro atoms. The number of carboxylic acid groups (broad SMARTS) is 1. The number of aliphatic hydroxyl groups is 1. The minimum Gasteiger partial charge on any atom is -0.543 e. The number of likely N-dealkylation sites (N-methyl/N-ethyl adjacent to an activating group) is 1. The van der Waals surface area contributed by atoms with Gasteiger partial charge in [0.05, 0.1) is 31.4 Å². The van der Waals surface area contributed by atoms with E-state index in [1.807, 2.05) is 14.0 Å². The van der Waals surface area contributed by atoms with Crippen molar-refractivity contribution in [1.29, 1.82) is 0 Å². The van der Waals surface area contributed by atoms with Crippen molar-refractivity contribution in [2.45, 2.75) is 42.5 Å². The molecule has 3 aliphatic heterocycles. The lowest BCUT2D eigenvalue weighted by atomic mass is 10.0. The topological polar surface area (TPSA) is 183 Å². The number of aliphatic hydroxyl groups excluding tert-OH is 1. The van der Waals surface area contributed by atoms with Crippen molar-refractivity contribution >= 4 is 51.9 Å². The van der Waals surface area contributed by atoms with E-state index < -0.39 is 29.2 Å². The molecule has 0 aliphatic carbocycles. The molecule has 34 heavy (non-hydrogen) atoms. The number of hydrogen-bond acceptors (Lipinski definition) is 12. The normalized spacial score (nSPS) is 31.2. The number of aliphatic carboxylic acids is 1. The van der Waals surface area contributed by atoms with Crippen molar-refractivity contribution in [3.63, 3.8) is 0 Å². The number of nitrogen functional groups attached to an aromatic ring is 1. The van der Waals surface area contributed by atoms with E-state index >= 15 is 0 Å². The van der Waals surface area contributed by atoms with Crippen LogP contribution in [0.2, 0.25) is 0 Å². The Hall–Kier alpha value is -2.75. The second-order valence-corrected chi connectivity index (χ2v) is 10.6. The molecule has 4 N–H and O–H groups in total. The molecule has 4 rings (SSSR count). The minimum atomic E-state index is -1.46. The molecule has 2 fully saturated rings. The predicted octanol–water partition coefficient (Wildman–Crippen LogP) is -2.18. The van der Waals surface area contributed by atoms with Crippen LogP contribution >= 0.6 is 23.3 Å². The number of rotatable bonds is 7. The van der Waals surface area contributed by atoms with Crippen LogP contribution in [0.4, 0.5) is 5.13 Å². The van der Waals surface area contributed by atoms with Gasteiger partial charge in [-0.3, -0.25) is 19.0 Å². The van der Waals surface area contributed by atoms with Gasteiger partial charge in [-0.2, -0.15) is 9.36 Å². The smallest absolute Gasteiger partial charge is 0.278 e. The fourth-order valence-corrected chi connectivity index (χ4v) is 6.96. The maximum absolute atomic E-state index is 13.1. The van der Waals surface area contributed by atoms with Crippen LogP contribution in [0.1, 0.15) is 25.6 Å². The lowest BCUT2D eigenvalue weighted by Crippen LogP contribution is -2.73. The molecule has 1 aromatic rings. The molecule has 5 atom stereocenters. The standard InChI is InChI=1S/C19H25N7O6S2/c1-8-13(26(2)6-4-5-9(26)7-27)12(18(30)31)25-16(29)11(17(25)33-8)21-15(28)10(23-32-3)14-22-19(20)34-24-14/h8-9,11,17,27H,4-7H2,1-3H3,(H3-,20,21,22,24,28,30,31)/b23-10-/t8?,9-,11+,17+,26-/m0/s1. The number of β-lactam (4-membered cyclic amide) rings is 1. The van der Waals surface area contributed by atoms with Crippen LogP contribution in [0.15, 0.2) is 16.5 Å². The summed E-state index contributed by atoms with van der Waals surface area (Å²) in [6.45, 7) is 2.41. The first-order valence-electron chi connectivity index (χ1n) is 10.6. The number of carboxylic acids is 1. The molecular weight excluding hydrogens is 486 g/mol. The summed E-state index contributed by atoms with van der Waals surface area (Å²) < 4.78 is 4.19. The van der Waals surface area contributed by atoms with Gasteiger partial charge in [0.25, 0.3) is 11.8 Å². The van der Waals surface area contributed by atoms with E-state index in [1.54, 1.807) is 0 Å². The average Bonchev–Trinajstić information content (AvgIpc) is 3.39. The molecule has 15 heteroatoms. The fraction of sp³-hybridized carbons (Fsp3) is 0.579. The first kappa shape index (κ1) is 24.4. The van der Waals surface area contributed by atoms with Crippen LogP contribution < -0.4 is 16.2 Å². The monoisotopic (exact) mass is 511 g/mol. The molecule has 1 unspecified atom stereocenters. The quantitative estimate of drug-likeness (QED) is 0.157. The molecule has 2 amide bonds. The Morgan fingerprint density at radius 1 is 1.47 bits per heavy atom. The van der Waals surface area contributed by atoms with Gasteiger partial charge in [-0.05, 0) is 6.92 Å². The summed E-state index contributed by atoms with van der Waals surface area (Å²) in [4.78, 5) is 48.0. The van der Waals surface area contributed by atoms with Crippen LogP contribution in [0.5, 0.6) is 0 Å². The van der Waals surface area contributed by atoms with Crippen molar-refractivity contribution in [3.05, 3.63) is 17.2 Å². The number of likely N-dealkylation sites (tertiary alicyclic amines) is 1. The number of aromatic nitrogens is 2. The molecule has 4 heterocycles. The second-order valence-electron chi connectivity index (χ2n) is 8.40. The van der Waals surface area contributed by atoms with Gasteiger partial charge in [0.2, 0.25) is 11.5 Å². The molecule has 1 aromatic heterocycles. The number of oxime groups is 1. The van der Waals surface area contributed by atoms with Crippen molar-refractivity contribution in [2.75, 3.05) is 33.0 Å². The molecule has 0 radical (unpaired) electrons. The first-order valence-corrected chi connectivity index (χ1v) is 12.3. The van der Waals surface area contributed by atoms with E-state index in [1.165, 1.54) is 23.8 Å². The van der Waals surface area contributed by atoms with Crippen LogP contribution in [-0.2, 0) is 19.2 Å². The van der Waals surface area contributed by atoms with Gasteiger partial charge in [-0.25, -0.2) is 0 Å². The second kappa shape index (κ2) is 9.13. The number of hydrogen-bond donors (Lipinski definition) is 3. The third-order valence-corrected chi connectivity index (χ3v) is 8.45. The SMILES string of the molecule is CO/N=C(\C(=O)N[C@@H]1C(=O)N2C(C(=O)[O-])=C([N@@+]3(C)CCC[C@H]3CO)C(C)S[C@H]12)c1nsc(N)n1. The number of thioether (sulfide) groups is 1. The summed E-state index contributed by atoms with van der Waals surface area (Å²) in [5.41, 5.74) is 5.68. The van der Waals surface area contributed by atoms with Gasteiger partial charge in [-0.1, -0.05) is 5.16 Å². The maximum atomic E-state index is 13.1. The van der Waals surface area contributed by atoms with Gasteiger partial charge >= 0.3 is 0 Å². The van der Waals surface area contributed by atoms with Crippen molar-refractivity contribution < 1.29 is 33.9 Å². The largest absolute Gasteiger partial charge is 0.543 e. The minimum absolute atomic E-state index is 0.0470. The number of nitrogens with two attached hydrogens (primary N) is 1. The Bertz CT molecular complexity index is 1090. The summed E-state index contributed by atoms with van der Waals surface area (Å²) >= 11 is 2.24. The molecule has 0 aromatic carbocycles. The molecule has 3 aliphatic rings. The zero-order valence-corrected chi connectivity index (χ0v) is 20.4.